The standard InChI is InChI=1S/C17H19NO2/c1-3-4-11-20-12-7-9-15-13(2)14-8-5-6-10-16(14)18-17(15)19/h5-6,8,10H,3-4,11-12H2,1-2H3,(H,18,19). The molecule has 1 aromatic carbocycles. The van der Waals surface area contributed by atoms with E-state index in [1.165, 1.54) is 0 Å². The van der Waals surface area contributed by atoms with Gasteiger partial charge in [0.15, 0.2) is 0 Å². The topological polar surface area (TPSA) is 42.1 Å². The Morgan fingerprint density at radius 1 is 1.30 bits per heavy atom. The van der Waals surface area contributed by atoms with Crippen molar-refractivity contribution in [2.45, 2.75) is 26.7 Å². The number of rotatable bonds is 4. The highest BCUT2D eigenvalue weighted by Gasteiger charge is 2.05. The Labute approximate surface area is 119 Å². The summed E-state index contributed by atoms with van der Waals surface area (Å²) in [4.78, 5) is 14.9. The van der Waals surface area contributed by atoms with E-state index in [0.29, 0.717) is 12.2 Å². The van der Waals surface area contributed by atoms with E-state index in [1.54, 1.807) is 0 Å². The van der Waals surface area contributed by atoms with Crippen LogP contribution in [-0.4, -0.2) is 18.2 Å². The largest absolute Gasteiger partial charge is 0.369 e. The van der Waals surface area contributed by atoms with Crippen molar-refractivity contribution < 1.29 is 4.74 Å². The predicted molar refractivity (Wildman–Crippen MR) is 81.9 cm³/mol. The molecule has 0 spiro atoms. The molecule has 0 radical (unpaired) electrons. The summed E-state index contributed by atoms with van der Waals surface area (Å²) < 4.78 is 5.38. The molecule has 1 aromatic heterocycles. The number of H-pyrrole nitrogens is 1. The number of aromatic nitrogens is 1. The minimum Gasteiger partial charge on any atom is -0.369 e. The zero-order valence-electron chi connectivity index (χ0n) is 12.0. The first-order chi connectivity index (χ1) is 9.74. The molecule has 0 saturated carbocycles. The molecule has 1 N–H and O–H groups in total. The third kappa shape index (κ3) is 3.28. The molecule has 0 atom stereocenters. The van der Waals surface area contributed by atoms with Gasteiger partial charge in [0.2, 0.25) is 0 Å². The number of fused-ring (bicyclic) bond motifs is 1. The van der Waals surface area contributed by atoms with Gasteiger partial charge in [-0.3, -0.25) is 4.79 Å². The summed E-state index contributed by atoms with van der Waals surface area (Å²) in [6.07, 6.45) is 2.15. The first-order valence-corrected chi connectivity index (χ1v) is 6.92. The number of ether oxygens (including phenoxy) is 1. The smallest absolute Gasteiger partial charge is 0.264 e. The lowest BCUT2D eigenvalue weighted by Gasteiger charge is -2.03. The molecule has 104 valence electrons. The van der Waals surface area contributed by atoms with Gasteiger partial charge in [-0.15, -0.1) is 0 Å². The van der Waals surface area contributed by atoms with Crippen LogP contribution < -0.4 is 5.56 Å². The summed E-state index contributed by atoms with van der Waals surface area (Å²) in [5, 5.41) is 1.03. The van der Waals surface area contributed by atoms with Crippen molar-refractivity contribution >= 4 is 10.9 Å². The number of unbranched alkanes of at least 4 members (excludes halogenated alkanes) is 1. The summed E-state index contributed by atoms with van der Waals surface area (Å²) in [7, 11) is 0. The maximum atomic E-state index is 12.0. The van der Waals surface area contributed by atoms with E-state index < -0.39 is 0 Å². The molecular weight excluding hydrogens is 250 g/mol. The molecule has 0 fully saturated rings. The van der Waals surface area contributed by atoms with E-state index in [0.717, 1.165) is 35.9 Å². The number of nitrogens with one attached hydrogen (secondary N) is 1. The fraction of sp³-hybridized carbons (Fsp3) is 0.353. The normalized spacial score (nSPS) is 10.3. The van der Waals surface area contributed by atoms with Crippen LogP contribution in [0.1, 0.15) is 30.9 Å². The van der Waals surface area contributed by atoms with Crippen molar-refractivity contribution in [3.8, 4) is 11.8 Å². The number of benzene rings is 1. The van der Waals surface area contributed by atoms with Crippen LogP contribution in [0.15, 0.2) is 29.1 Å². The molecule has 3 heteroatoms. The summed E-state index contributed by atoms with van der Waals surface area (Å²) in [6, 6.07) is 7.75. The third-order valence-corrected chi connectivity index (χ3v) is 3.21. The van der Waals surface area contributed by atoms with Crippen LogP contribution >= 0.6 is 0 Å². The first kappa shape index (κ1) is 14.4. The Hall–Kier alpha value is -2.05. The Morgan fingerprint density at radius 2 is 2.10 bits per heavy atom. The van der Waals surface area contributed by atoms with Gasteiger partial charge >= 0.3 is 0 Å². The van der Waals surface area contributed by atoms with Gasteiger partial charge in [0.1, 0.15) is 6.61 Å². The summed E-state index contributed by atoms with van der Waals surface area (Å²) >= 11 is 0. The van der Waals surface area contributed by atoms with Gasteiger partial charge in [0, 0.05) is 17.5 Å². The van der Waals surface area contributed by atoms with Crippen LogP contribution in [0.5, 0.6) is 0 Å². The van der Waals surface area contributed by atoms with Gasteiger partial charge < -0.3 is 9.72 Å². The van der Waals surface area contributed by atoms with Gasteiger partial charge in [-0.05, 0) is 25.0 Å². The number of pyridine rings is 1. The zero-order chi connectivity index (χ0) is 14.4. The highest BCUT2D eigenvalue weighted by Crippen LogP contribution is 2.15. The molecule has 0 aliphatic carbocycles. The molecule has 0 unspecified atom stereocenters. The van der Waals surface area contributed by atoms with E-state index >= 15 is 0 Å². The average Bonchev–Trinajstić information content (AvgIpc) is 2.45. The van der Waals surface area contributed by atoms with Crippen LogP contribution in [-0.2, 0) is 4.74 Å². The summed E-state index contributed by atoms with van der Waals surface area (Å²) in [5.41, 5.74) is 2.16. The highest BCUT2D eigenvalue weighted by molar-refractivity contribution is 5.83. The summed E-state index contributed by atoms with van der Waals surface area (Å²) in [6.45, 7) is 5.14. The fourth-order valence-corrected chi connectivity index (χ4v) is 2.05. The van der Waals surface area contributed by atoms with Gasteiger partial charge in [-0.2, -0.15) is 0 Å². The maximum Gasteiger partial charge on any atom is 0.264 e. The fourth-order valence-electron chi connectivity index (χ4n) is 2.05. The van der Waals surface area contributed by atoms with Crippen LogP contribution in [0, 0.1) is 18.8 Å². The Bertz CT molecular complexity index is 704. The maximum absolute atomic E-state index is 12.0. The van der Waals surface area contributed by atoms with E-state index in [-0.39, 0.29) is 5.56 Å². The van der Waals surface area contributed by atoms with Gasteiger partial charge in [0.05, 0.1) is 5.56 Å². The second-order valence-electron chi connectivity index (χ2n) is 4.71. The van der Waals surface area contributed by atoms with Gasteiger partial charge in [-0.25, -0.2) is 0 Å². The molecule has 0 amide bonds. The monoisotopic (exact) mass is 269 g/mol. The highest BCUT2D eigenvalue weighted by atomic mass is 16.5. The number of hydrogen-bond donors (Lipinski definition) is 1. The van der Waals surface area contributed by atoms with Gasteiger partial charge in [-0.1, -0.05) is 43.4 Å². The lowest BCUT2D eigenvalue weighted by atomic mass is 10.1. The average molecular weight is 269 g/mol. The quantitative estimate of drug-likeness (QED) is 0.685. The Kier molecular flexibility index (Phi) is 4.97. The second-order valence-corrected chi connectivity index (χ2v) is 4.71. The minimum atomic E-state index is -0.137. The molecule has 2 aromatic rings. The van der Waals surface area contributed by atoms with Crippen molar-refractivity contribution in [2.24, 2.45) is 0 Å². The van der Waals surface area contributed by atoms with Crippen molar-refractivity contribution in [1.29, 1.82) is 0 Å². The lowest BCUT2D eigenvalue weighted by Crippen LogP contribution is -2.12. The Balaban J connectivity index is 2.22. The van der Waals surface area contributed by atoms with Crippen LogP contribution in [0.25, 0.3) is 10.9 Å². The molecule has 20 heavy (non-hydrogen) atoms. The molecule has 2 rings (SSSR count). The SMILES string of the molecule is CCCCOCC#Cc1c(C)c2ccccc2[nH]c1=O. The molecular formula is C17H19NO2. The number of aromatic amines is 1. The first-order valence-electron chi connectivity index (χ1n) is 6.92. The van der Waals surface area contributed by atoms with Gasteiger partial charge in [0.25, 0.3) is 5.56 Å². The predicted octanol–water partition coefficient (Wildman–Crippen LogP) is 3.00. The number of hydrogen-bond acceptors (Lipinski definition) is 2. The molecule has 1 heterocycles. The van der Waals surface area contributed by atoms with Crippen molar-refractivity contribution in [1.82, 2.24) is 4.98 Å². The second kappa shape index (κ2) is 6.93. The van der Waals surface area contributed by atoms with Crippen LogP contribution in [0.2, 0.25) is 0 Å². The molecule has 3 nitrogen and oxygen atoms in total. The van der Waals surface area contributed by atoms with Crippen molar-refractivity contribution in [3.05, 3.63) is 45.7 Å². The van der Waals surface area contributed by atoms with E-state index in [9.17, 15) is 4.79 Å². The number of aryl methyl sites for hydroxylation is 1. The molecule has 0 aliphatic heterocycles. The van der Waals surface area contributed by atoms with E-state index in [1.807, 2.05) is 31.2 Å². The third-order valence-electron chi connectivity index (χ3n) is 3.21. The van der Waals surface area contributed by atoms with Crippen molar-refractivity contribution in [3.63, 3.8) is 0 Å². The summed E-state index contributed by atoms with van der Waals surface area (Å²) in [5.74, 6) is 5.85. The van der Waals surface area contributed by atoms with E-state index in [4.69, 9.17) is 4.74 Å². The van der Waals surface area contributed by atoms with Crippen LogP contribution in [0.4, 0.5) is 0 Å². The van der Waals surface area contributed by atoms with Crippen LogP contribution in [0.3, 0.4) is 0 Å². The van der Waals surface area contributed by atoms with E-state index in [2.05, 4.69) is 23.7 Å². The zero-order valence-corrected chi connectivity index (χ0v) is 12.0. The van der Waals surface area contributed by atoms with Crippen molar-refractivity contribution in [2.75, 3.05) is 13.2 Å². The molecule has 0 aliphatic rings. The Morgan fingerprint density at radius 3 is 2.90 bits per heavy atom. The molecule has 0 saturated heterocycles. The molecule has 0 bridgehead atoms. The minimum absolute atomic E-state index is 0.137. The lowest BCUT2D eigenvalue weighted by molar-refractivity contribution is 0.163. The number of para-hydroxylation sites is 1.